The van der Waals surface area contributed by atoms with E-state index >= 15 is 0 Å². The molecular formula is C20H20N4O. The number of nitrogens with one attached hydrogen (secondary N) is 1. The van der Waals surface area contributed by atoms with Crippen LogP contribution in [0.4, 0.5) is 17.3 Å². The van der Waals surface area contributed by atoms with E-state index in [-0.39, 0.29) is 5.91 Å². The van der Waals surface area contributed by atoms with Gasteiger partial charge < -0.3 is 10.2 Å². The highest BCUT2D eigenvalue weighted by Gasteiger charge is 2.14. The van der Waals surface area contributed by atoms with Gasteiger partial charge in [-0.15, -0.1) is 0 Å². The molecular weight excluding hydrogens is 312 g/mol. The summed E-state index contributed by atoms with van der Waals surface area (Å²) in [5.74, 6) is 0.317. The maximum absolute atomic E-state index is 12.5. The summed E-state index contributed by atoms with van der Waals surface area (Å²) in [7, 11) is 1.74. The van der Waals surface area contributed by atoms with Crippen LogP contribution in [0.25, 0.3) is 0 Å². The molecule has 3 rings (SSSR count). The molecule has 1 heterocycles. The van der Waals surface area contributed by atoms with E-state index < -0.39 is 0 Å². The van der Waals surface area contributed by atoms with E-state index in [0.29, 0.717) is 11.5 Å². The van der Waals surface area contributed by atoms with Crippen LogP contribution in [0.3, 0.4) is 0 Å². The van der Waals surface area contributed by atoms with Gasteiger partial charge in [0.25, 0.3) is 5.91 Å². The first-order chi connectivity index (χ1) is 12.1. The first-order valence-corrected chi connectivity index (χ1v) is 8.04. The van der Waals surface area contributed by atoms with Gasteiger partial charge in [0.1, 0.15) is 0 Å². The summed E-state index contributed by atoms with van der Waals surface area (Å²) in [5, 5.41) is 3.19. The Kier molecular flexibility index (Phi) is 4.75. The molecule has 0 unspecified atom stereocenters. The van der Waals surface area contributed by atoms with Crippen LogP contribution in [0.1, 0.15) is 21.5 Å². The summed E-state index contributed by atoms with van der Waals surface area (Å²) in [4.78, 5) is 22.7. The van der Waals surface area contributed by atoms with E-state index in [1.165, 1.54) is 5.56 Å². The smallest absolute Gasteiger partial charge is 0.261 e. The van der Waals surface area contributed by atoms with Crippen LogP contribution in [-0.4, -0.2) is 22.9 Å². The van der Waals surface area contributed by atoms with Gasteiger partial charge in [-0.2, -0.15) is 0 Å². The van der Waals surface area contributed by atoms with E-state index in [4.69, 9.17) is 0 Å². The van der Waals surface area contributed by atoms with Crippen molar-refractivity contribution in [1.82, 2.24) is 9.97 Å². The van der Waals surface area contributed by atoms with Crippen molar-refractivity contribution >= 4 is 23.2 Å². The lowest BCUT2D eigenvalue weighted by Crippen LogP contribution is -2.26. The third kappa shape index (κ3) is 3.66. The van der Waals surface area contributed by atoms with Crippen LogP contribution >= 0.6 is 0 Å². The van der Waals surface area contributed by atoms with Crippen molar-refractivity contribution in [3.8, 4) is 0 Å². The maximum atomic E-state index is 12.5. The Balaban J connectivity index is 1.76. The second kappa shape index (κ2) is 7.13. The molecule has 1 aromatic heterocycles. The first-order valence-electron chi connectivity index (χ1n) is 8.04. The number of benzene rings is 2. The number of hydrogen-bond donors (Lipinski definition) is 1. The Morgan fingerprint density at radius 2 is 1.64 bits per heavy atom. The van der Waals surface area contributed by atoms with Gasteiger partial charge in [0.15, 0.2) is 0 Å². The average Bonchev–Trinajstić information content (AvgIpc) is 2.65. The van der Waals surface area contributed by atoms with Crippen LogP contribution < -0.4 is 10.2 Å². The number of nitrogens with zero attached hydrogens (tertiary/aromatic N) is 3. The standard InChI is InChI=1S/C20H20N4O/c1-14-8-7-11-18(15(14)2)23-20-21-12-16(13-22-20)19(25)24(3)17-9-5-4-6-10-17/h4-13H,1-3H3,(H,21,22,23). The van der Waals surface area contributed by atoms with Crippen LogP contribution in [0, 0.1) is 13.8 Å². The lowest BCUT2D eigenvalue weighted by Gasteiger charge is -2.17. The minimum absolute atomic E-state index is 0.149. The van der Waals surface area contributed by atoms with Gasteiger partial charge >= 0.3 is 0 Å². The Morgan fingerprint density at radius 3 is 2.32 bits per heavy atom. The lowest BCUT2D eigenvalue weighted by atomic mass is 10.1. The fraction of sp³-hybridized carbons (Fsp3) is 0.150. The zero-order valence-electron chi connectivity index (χ0n) is 14.5. The van der Waals surface area contributed by atoms with Gasteiger partial charge in [-0.1, -0.05) is 30.3 Å². The van der Waals surface area contributed by atoms with E-state index in [9.17, 15) is 4.79 Å². The van der Waals surface area contributed by atoms with Gasteiger partial charge in [-0.25, -0.2) is 9.97 Å². The Hall–Kier alpha value is -3.21. The van der Waals surface area contributed by atoms with Crippen molar-refractivity contribution in [2.24, 2.45) is 0 Å². The zero-order valence-corrected chi connectivity index (χ0v) is 14.5. The molecule has 0 aliphatic rings. The molecule has 0 saturated carbocycles. The van der Waals surface area contributed by atoms with E-state index in [1.54, 1.807) is 24.3 Å². The second-order valence-electron chi connectivity index (χ2n) is 5.87. The molecule has 0 atom stereocenters. The van der Waals surface area contributed by atoms with Gasteiger partial charge in [0.05, 0.1) is 5.56 Å². The van der Waals surface area contributed by atoms with Crippen molar-refractivity contribution in [2.75, 3.05) is 17.3 Å². The predicted octanol–water partition coefficient (Wildman–Crippen LogP) is 4.11. The van der Waals surface area contributed by atoms with E-state index in [1.807, 2.05) is 49.4 Å². The summed E-state index contributed by atoms with van der Waals surface area (Å²) < 4.78 is 0. The summed E-state index contributed by atoms with van der Waals surface area (Å²) in [5.41, 5.74) is 4.57. The molecule has 0 aliphatic heterocycles. The minimum atomic E-state index is -0.149. The molecule has 5 nitrogen and oxygen atoms in total. The van der Waals surface area contributed by atoms with Gasteiger partial charge in [0.2, 0.25) is 5.95 Å². The van der Waals surface area contributed by atoms with Crippen LogP contribution in [0.2, 0.25) is 0 Å². The number of aromatic nitrogens is 2. The van der Waals surface area contributed by atoms with Crippen LogP contribution in [0.5, 0.6) is 0 Å². The molecule has 3 aromatic rings. The highest BCUT2D eigenvalue weighted by molar-refractivity contribution is 6.05. The Bertz CT molecular complexity index is 876. The summed E-state index contributed by atoms with van der Waals surface area (Å²) in [6, 6.07) is 15.5. The SMILES string of the molecule is Cc1cccc(Nc2ncc(C(=O)N(C)c3ccccc3)cn2)c1C. The number of para-hydroxylation sites is 1. The van der Waals surface area contributed by atoms with Crippen LogP contribution in [0.15, 0.2) is 60.9 Å². The van der Waals surface area contributed by atoms with E-state index in [2.05, 4.69) is 28.3 Å². The Morgan fingerprint density at radius 1 is 0.960 bits per heavy atom. The third-order valence-electron chi connectivity index (χ3n) is 4.20. The van der Waals surface area contributed by atoms with Crippen LogP contribution in [-0.2, 0) is 0 Å². The van der Waals surface area contributed by atoms with Crippen molar-refractivity contribution in [3.63, 3.8) is 0 Å². The predicted molar refractivity (Wildman–Crippen MR) is 100 cm³/mol. The number of anilines is 3. The fourth-order valence-corrected chi connectivity index (χ4v) is 2.47. The fourth-order valence-electron chi connectivity index (χ4n) is 2.47. The topological polar surface area (TPSA) is 58.1 Å². The number of amides is 1. The molecule has 0 spiro atoms. The van der Waals surface area contributed by atoms with Gasteiger partial charge in [-0.05, 0) is 43.2 Å². The number of hydrogen-bond acceptors (Lipinski definition) is 4. The third-order valence-corrected chi connectivity index (χ3v) is 4.20. The maximum Gasteiger partial charge on any atom is 0.261 e. The molecule has 126 valence electrons. The molecule has 0 radical (unpaired) electrons. The zero-order chi connectivity index (χ0) is 17.8. The molecule has 5 heteroatoms. The largest absolute Gasteiger partial charge is 0.324 e. The summed E-state index contributed by atoms with van der Waals surface area (Å²) in [6.07, 6.45) is 3.09. The lowest BCUT2D eigenvalue weighted by molar-refractivity contribution is 0.0992. The summed E-state index contributed by atoms with van der Waals surface area (Å²) >= 11 is 0. The number of aryl methyl sites for hydroxylation is 1. The highest BCUT2D eigenvalue weighted by atomic mass is 16.2. The highest BCUT2D eigenvalue weighted by Crippen LogP contribution is 2.21. The van der Waals surface area contributed by atoms with Gasteiger partial charge in [-0.3, -0.25) is 4.79 Å². The molecule has 0 bridgehead atoms. The monoisotopic (exact) mass is 332 g/mol. The average molecular weight is 332 g/mol. The summed E-state index contributed by atoms with van der Waals surface area (Å²) in [6.45, 7) is 4.10. The molecule has 2 aromatic carbocycles. The molecule has 0 saturated heterocycles. The van der Waals surface area contributed by atoms with Crippen molar-refractivity contribution in [3.05, 3.63) is 77.6 Å². The molecule has 25 heavy (non-hydrogen) atoms. The molecule has 0 aliphatic carbocycles. The van der Waals surface area contributed by atoms with Gasteiger partial charge in [0, 0.05) is 30.8 Å². The van der Waals surface area contributed by atoms with Crippen molar-refractivity contribution < 1.29 is 4.79 Å². The minimum Gasteiger partial charge on any atom is -0.324 e. The number of carbonyl (C=O) groups is 1. The van der Waals surface area contributed by atoms with Crippen molar-refractivity contribution in [2.45, 2.75) is 13.8 Å². The molecule has 0 fully saturated rings. The van der Waals surface area contributed by atoms with E-state index in [0.717, 1.165) is 16.9 Å². The number of rotatable bonds is 4. The molecule has 1 amide bonds. The quantitative estimate of drug-likeness (QED) is 0.781. The number of carbonyl (C=O) groups excluding carboxylic acids is 1. The normalized spacial score (nSPS) is 10.4. The Labute approximate surface area is 147 Å². The second-order valence-corrected chi connectivity index (χ2v) is 5.87. The molecule has 1 N–H and O–H groups in total. The first kappa shape index (κ1) is 16.6. The van der Waals surface area contributed by atoms with Crippen molar-refractivity contribution in [1.29, 1.82) is 0 Å².